The largest absolute Gasteiger partial charge is 0.619 e. The third-order valence-corrected chi connectivity index (χ3v) is 10.2. The minimum absolute atomic E-state index is 0.00142. The van der Waals surface area contributed by atoms with Crippen LogP contribution < -0.4 is 14.2 Å². The molecule has 3 aromatic rings. The van der Waals surface area contributed by atoms with E-state index in [9.17, 15) is 32.0 Å². The van der Waals surface area contributed by atoms with Crippen molar-refractivity contribution in [2.24, 2.45) is 5.92 Å². The summed E-state index contributed by atoms with van der Waals surface area (Å²) < 4.78 is 74.2. The Kier molecular flexibility index (Phi) is 11.6. The molecule has 0 unspecified atom stereocenters. The molecule has 1 amide bonds. The maximum absolute atomic E-state index is 13.1. The number of aromatic nitrogens is 1. The first-order valence-corrected chi connectivity index (χ1v) is 17.5. The lowest BCUT2D eigenvalue weighted by Gasteiger charge is -2.26. The first-order valence-electron chi connectivity index (χ1n) is 15.1. The number of rotatable bonds is 14. The number of alkyl halides is 2. The molecule has 0 N–H and O–H groups in total. The molecule has 0 bridgehead atoms. The molecular formula is C32H32Cl2F2N2O9S. The van der Waals surface area contributed by atoms with Gasteiger partial charge in [0, 0.05) is 30.6 Å². The van der Waals surface area contributed by atoms with Crippen molar-refractivity contribution in [1.29, 1.82) is 0 Å². The van der Waals surface area contributed by atoms with Gasteiger partial charge < -0.3 is 29.1 Å². The minimum Gasteiger partial charge on any atom is -0.619 e. The first kappa shape index (κ1) is 35.6. The Labute approximate surface area is 285 Å². The second kappa shape index (κ2) is 15.7. The molecule has 2 heterocycles. The molecule has 1 saturated carbocycles. The zero-order chi connectivity index (χ0) is 34.4. The van der Waals surface area contributed by atoms with E-state index in [1.807, 2.05) is 0 Å². The van der Waals surface area contributed by atoms with Crippen molar-refractivity contribution >= 4 is 44.9 Å². The van der Waals surface area contributed by atoms with E-state index in [1.165, 1.54) is 42.5 Å². The number of hydrogen-bond acceptors (Lipinski definition) is 9. The van der Waals surface area contributed by atoms with E-state index < -0.39 is 40.7 Å². The Hall–Kier alpha value is -3.72. The van der Waals surface area contributed by atoms with Crippen LogP contribution in [0.5, 0.6) is 11.5 Å². The van der Waals surface area contributed by atoms with Gasteiger partial charge in [0.15, 0.2) is 33.7 Å². The molecule has 1 aliphatic carbocycles. The van der Waals surface area contributed by atoms with E-state index in [1.54, 1.807) is 4.90 Å². The number of hydrogen-bond donors (Lipinski definition) is 0. The maximum atomic E-state index is 13.1. The molecule has 5 rings (SSSR count). The zero-order valence-corrected chi connectivity index (χ0v) is 27.8. The normalized spacial score (nSPS) is 15.6. The van der Waals surface area contributed by atoms with E-state index >= 15 is 0 Å². The number of nitrogens with zero attached hydrogens (tertiary/aromatic N) is 2. The summed E-state index contributed by atoms with van der Waals surface area (Å²) in [5.41, 5.74) is 0.880. The van der Waals surface area contributed by atoms with E-state index in [0.717, 1.165) is 25.2 Å². The van der Waals surface area contributed by atoms with E-state index in [-0.39, 0.29) is 56.9 Å². The maximum Gasteiger partial charge on any atom is 0.387 e. The Balaban J connectivity index is 1.32. The fraction of sp³-hybridized carbons (Fsp3) is 0.406. The standard InChI is InChI=1S/C32H32Cl2F2N2O9S/c33-25-17-38(41)18-26(34)24(25)16-28(22-5-8-27(47-32(35)36)29(15-22)45-19-20-1-2-20)46-30(39)9-14-48(42,43)23-6-3-21(4-7-23)31(40)37-10-12-44-13-11-37/h3-8,15,17-18,20,28,32H,1-2,9-14,16,19H2/t28-/m0/s1. The zero-order valence-electron chi connectivity index (χ0n) is 25.5. The molecule has 2 aliphatic rings. The number of pyridine rings is 1. The summed E-state index contributed by atoms with van der Waals surface area (Å²) in [4.78, 5) is 27.4. The van der Waals surface area contributed by atoms with E-state index in [4.69, 9.17) is 37.4 Å². The SMILES string of the molecule is O=C(CCS(=O)(=O)c1ccc(C(=O)N2CCOCC2)cc1)O[C@@H](Cc1c(Cl)c[n+]([O-])cc1Cl)c1ccc(OC(F)F)c(OCC2CC2)c1. The first-order chi connectivity index (χ1) is 22.9. The Bertz CT molecular complexity index is 1710. The van der Waals surface area contributed by atoms with Crippen LogP contribution in [0.25, 0.3) is 0 Å². The third-order valence-electron chi connectivity index (χ3n) is 7.78. The highest BCUT2D eigenvalue weighted by molar-refractivity contribution is 7.91. The fourth-order valence-electron chi connectivity index (χ4n) is 4.97. The molecule has 1 saturated heterocycles. The molecule has 0 spiro atoms. The number of morpholine rings is 1. The molecule has 16 heteroatoms. The molecule has 258 valence electrons. The minimum atomic E-state index is -3.97. The molecular weight excluding hydrogens is 697 g/mol. The van der Waals surface area contributed by atoms with Crippen molar-refractivity contribution in [3.05, 3.63) is 86.8 Å². The van der Waals surface area contributed by atoms with Crippen LogP contribution >= 0.6 is 23.2 Å². The van der Waals surface area contributed by atoms with Crippen LogP contribution in [-0.4, -0.2) is 70.5 Å². The van der Waals surface area contributed by atoms with Gasteiger partial charge in [0.2, 0.25) is 0 Å². The lowest BCUT2D eigenvalue weighted by molar-refractivity contribution is -0.605. The van der Waals surface area contributed by atoms with Crippen molar-refractivity contribution in [1.82, 2.24) is 4.90 Å². The number of halogens is 4. The smallest absolute Gasteiger partial charge is 0.387 e. The average Bonchev–Trinajstić information content (AvgIpc) is 3.89. The molecule has 1 aliphatic heterocycles. The van der Waals surface area contributed by atoms with Gasteiger partial charge in [0.25, 0.3) is 5.91 Å². The van der Waals surface area contributed by atoms with Crippen LogP contribution in [0.2, 0.25) is 10.0 Å². The number of carbonyl (C=O) groups is 2. The lowest BCUT2D eigenvalue weighted by atomic mass is 10.0. The average molecular weight is 730 g/mol. The highest BCUT2D eigenvalue weighted by atomic mass is 35.5. The van der Waals surface area contributed by atoms with Gasteiger partial charge in [0.05, 0.1) is 36.9 Å². The summed E-state index contributed by atoms with van der Waals surface area (Å²) in [5, 5.41) is 11.8. The Morgan fingerprint density at radius 3 is 2.31 bits per heavy atom. The molecule has 11 nitrogen and oxygen atoms in total. The van der Waals surface area contributed by atoms with Crippen molar-refractivity contribution in [2.45, 2.75) is 43.3 Å². The number of sulfone groups is 1. The predicted octanol–water partition coefficient (Wildman–Crippen LogP) is 5.18. The summed E-state index contributed by atoms with van der Waals surface area (Å²) in [6.45, 7) is -1.12. The Morgan fingerprint density at radius 1 is 1.02 bits per heavy atom. The second-order valence-corrected chi connectivity index (χ2v) is 14.2. The number of carbonyl (C=O) groups excluding carboxylic acids is 2. The van der Waals surface area contributed by atoms with Crippen molar-refractivity contribution in [3.63, 3.8) is 0 Å². The van der Waals surface area contributed by atoms with Crippen LogP contribution in [-0.2, 0) is 30.5 Å². The number of ether oxygens (including phenoxy) is 4. The number of amides is 1. The van der Waals surface area contributed by atoms with Crippen molar-refractivity contribution in [2.75, 3.05) is 38.7 Å². The highest BCUT2D eigenvalue weighted by Gasteiger charge is 2.27. The van der Waals surface area contributed by atoms with Gasteiger partial charge in [0.1, 0.15) is 16.1 Å². The monoisotopic (exact) mass is 728 g/mol. The van der Waals surface area contributed by atoms with Gasteiger partial charge in [-0.2, -0.15) is 13.5 Å². The quantitative estimate of drug-likeness (QED) is 0.125. The van der Waals surface area contributed by atoms with Gasteiger partial charge in [-0.1, -0.05) is 29.3 Å². The highest BCUT2D eigenvalue weighted by Crippen LogP contribution is 2.38. The van der Waals surface area contributed by atoms with Crippen LogP contribution in [0.4, 0.5) is 8.78 Å². The van der Waals surface area contributed by atoms with Crippen LogP contribution in [0.3, 0.4) is 0 Å². The summed E-state index contributed by atoms with van der Waals surface area (Å²) in [6, 6.07) is 9.50. The van der Waals surface area contributed by atoms with Crippen LogP contribution in [0.15, 0.2) is 59.8 Å². The summed E-state index contributed by atoms with van der Waals surface area (Å²) >= 11 is 12.6. The van der Waals surface area contributed by atoms with Crippen LogP contribution in [0, 0.1) is 11.1 Å². The molecule has 2 aromatic carbocycles. The lowest BCUT2D eigenvalue weighted by Crippen LogP contribution is -2.40. The van der Waals surface area contributed by atoms with Gasteiger partial charge in [-0.05, 0) is 60.7 Å². The van der Waals surface area contributed by atoms with Crippen molar-refractivity contribution < 1.29 is 50.5 Å². The molecule has 1 aromatic heterocycles. The van der Waals surface area contributed by atoms with Gasteiger partial charge >= 0.3 is 12.6 Å². The van der Waals surface area contributed by atoms with E-state index in [2.05, 4.69) is 4.74 Å². The van der Waals surface area contributed by atoms with Gasteiger partial charge in [-0.25, -0.2) is 8.42 Å². The Morgan fingerprint density at radius 2 is 1.69 bits per heavy atom. The fourth-order valence-corrected chi connectivity index (χ4v) is 6.79. The van der Waals surface area contributed by atoms with Gasteiger partial charge in [-0.15, -0.1) is 0 Å². The summed E-state index contributed by atoms with van der Waals surface area (Å²) in [7, 11) is -3.97. The molecule has 2 fully saturated rings. The van der Waals surface area contributed by atoms with E-state index in [0.29, 0.717) is 42.2 Å². The summed E-state index contributed by atoms with van der Waals surface area (Å²) in [5.74, 6) is -1.66. The van der Waals surface area contributed by atoms with Crippen molar-refractivity contribution in [3.8, 4) is 11.5 Å². The number of benzene rings is 2. The number of esters is 1. The second-order valence-electron chi connectivity index (χ2n) is 11.3. The topological polar surface area (TPSA) is 135 Å². The van der Waals surface area contributed by atoms with Gasteiger partial charge in [-0.3, -0.25) is 9.59 Å². The molecule has 48 heavy (non-hydrogen) atoms. The summed E-state index contributed by atoms with van der Waals surface area (Å²) in [6.07, 6.45) is 2.18. The third kappa shape index (κ3) is 9.46. The molecule has 1 atom stereocenters. The van der Waals surface area contributed by atoms with Crippen LogP contribution in [0.1, 0.15) is 46.9 Å². The molecule has 0 radical (unpaired) electrons. The predicted molar refractivity (Wildman–Crippen MR) is 169 cm³/mol.